The van der Waals surface area contributed by atoms with E-state index >= 15 is 0 Å². The molecular weight excluding hydrogens is 625 g/mol. The molecule has 5 rings (SSSR count). The molecule has 2 aliphatic rings. The predicted octanol–water partition coefficient (Wildman–Crippen LogP) is 5.58. The van der Waals surface area contributed by atoms with Gasteiger partial charge in [0, 0.05) is 24.6 Å². The highest BCUT2D eigenvalue weighted by Gasteiger charge is 2.53. The second-order valence-electron chi connectivity index (χ2n) is 10.2. The van der Waals surface area contributed by atoms with Crippen LogP contribution >= 0.6 is 22.9 Å². The summed E-state index contributed by atoms with van der Waals surface area (Å²) in [5, 5.41) is 2.52. The maximum atomic E-state index is 14.4. The molecule has 0 saturated carbocycles. The Hall–Kier alpha value is -2.88. The van der Waals surface area contributed by atoms with E-state index in [4.69, 9.17) is 11.6 Å². The van der Waals surface area contributed by atoms with Crippen molar-refractivity contribution >= 4 is 44.8 Å². The summed E-state index contributed by atoms with van der Waals surface area (Å²) in [6.07, 6.45) is -3.75. The second kappa shape index (κ2) is 11.3. The number of aromatic nitrogens is 2. The Balaban J connectivity index is 1.41. The largest absolute Gasteiger partial charge is 0.416 e. The van der Waals surface area contributed by atoms with Gasteiger partial charge in [-0.25, -0.2) is 27.2 Å². The third kappa shape index (κ3) is 6.38. The van der Waals surface area contributed by atoms with Gasteiger partial charge in [0.15, 0.2) is 0 Å². The third-order valence-electron chi connectivity index (χ3n) is 7.17. The number of thiophene rings is 1. The molecule has 4 heterocycles. The lowest BCUT2D eigenvalue weighted by molar-refractivity contribution is -0.137. The Morgan fingerprint density at radius 3 is 2.48 bits per heavy atom. The number of halogens is 6. The lowest BCUT2D eigenvalue weighted by atomic mass is 10.1. The SMILES string of the molecule is CC1CCCN1c1nc(CNC(=O)C2CC(F)(F)CN2S(=O)(=O)c2ccc(Cl)s2)cc(-c2ccc(C(F)(F)F)cc2)n1. The number of nitrogens with one attached hydrogen (secondary N) is 1. The number of hydrogen-bond acceptors (Lipinski definition) is 7. The topological polar surface area (TPSA) is 95.5 Å². The van der Waals surface area contributed by atoms with E-state index in [9.17, 15) is 35.2 Å². The van der Waals surface area contributed by atoms with Crippen LogP contribution in [0.4, 0.5) is 27.9 Å². The highest BCUT2D eigenvalue weighted by molar-refractivity contribution is 7.91. The first kappa shape index (κ1) is 30.6. The minimum absolute atomic E-state index is 0.0977. The van der Waals surface area contributed by atoms with Crippen molar-refractivity contribution in [2.45, 2.75) is 61.1 Å². The van der Waals surface area contributed by atoms with Crippen molar-refractivity contribution in [3.05, 3.63) is 58.1 Å². The average molecular weight is 650 g/mol. The van der Waals surface area contributed by atoms with Gasteiger partial charge in [-0.2, -0.15) is 17.5 Å². The van der Waals surface area contributed by atoms with Gasteiger partial charge in [0.2, 0.25) is 11.9 Å². The number of nitrogens with zero attached hydrogens (tertiary/aromatic N) is 4. The number of sulfonamides is 1. The zero-order valence-corrected chi connectivity index (χ0v) is 24.4. The number of amides is 1. The summed E-state index contributed by atoms with van der Waals surface area (Å²) in [5.41, 5.74) is 0.141. The van der Waals surface area contributed by atoms with E-state index in [-0.39, 0.29) is 26.8 Å². The minimum atomic E-state index is -4.51. The van der Waals surface area contributed by atoms with Crippen LogP contribution in [0.3, 0.4) is 0 Å². The minimum Gasteiger partial charge on any atom is -0.349 e. The normalized spacial score (nSPS) is 21.2. The first-order valence-electron chi connectivity index (χ1n) is 12.9. The van der Waals surface area contributed by atoms with Crippen LogP contribution in [-0.2, 0) is 27.5 Å². The molecule has 2 aliphatic heterocycles. The number of benzene rings is 1. The van der Waals surface area contributed by atoms with Gasteiger partial charge in [0.1, 0.15) is 10.3 Å². The van der Waals surface area contributed by atoms with Crippen molar-refractivity contribution in [3.63, 3.8) is 0 Å². The maximum Gasteiger partial charge on any atom is 0.416 e. The summed E-state index contributed by atoms with van der Waals surface area (Å²) in [7, 11) is -4.43. The number of carbonyl (C=O) groups is 1. The van der Waals surface area contributed by atoms with Gasteiger partial charge in [-0.05, 0) is 50.1 Å². The third-order valence-corrected chi connectivity index (χ3v) is 10.7. The number of alkyl halides is 5. The van der Waals surface area contributed by atoms with E-state index in [0.29, 0.717) is 39.4 Å². The molecule has 0 aliphatic carbocycles. The maximum absolute atomic E-state index is 14.4. The Labute approximate surface area is 247 Å². The lowest BCUT2D eigenvalue weighted by Crippen LogP contribution is -2.45. The van der Waals surface area contributed by atoms with Crippen LogP contribution in [0.1, 0.15) is 37.4 Å². The van der Waals surface area contributed by atoms with Crippen molar-refractivity contribution in [1.82, 2.24) is 19.6 Å². The standard InChI is InChI=1S/C26H25ClF5N5O3S2/c1-15-3-2-10-36(15)24-34-18(11-19(35-24)16-4-6-17(7-5-16)26(30,31)32)13-33-23(38)20-12-25(28,29)14-37(20)42(39,40)22-9-8-21(27)41-22/h4-9,11,15,20H,2-3,10,12-14H2,1H3,(H,33,38). The van der Waals surface area contributed by atoms with Crippen LogP contribution in [-0.4, -0.2) is 59.7 Å². The smallest absolute Gasteiger partial charge is 0.349 e. The molecular formula is C26H25ClF5N5O3S2. The molecule has 0 radical (unpaired) electrons. The number of hydrogen-bond donors (Lipinski definition) is 1. The molecule has 226 valence electrons. The molecule has 2 aromatic heterocycles. The monoisotopic (exact) mass is 649 g/mol. The molecule has 1 amide bonds. The van der Waals surface area contributed by atoms with Gasteiger partial charge in [-0.1, -0.05) is 23.7 Å². The Morgan fingerprint density at radius 1 is 1.17 bits per heavy atom. The fourth-order valence-electron chi connectivity index (χ4n) is 5.02. The summed E-state index contributed by atoms with van der Waals surface area (Å²) in [6.45, 7) is 1.22. The van der Waals surface area contributed by atoms with E-state index in [1.54, 1.807) is 0 Å². The van der Waals surface area contributed by atoms with Crippen LogP contribution in [0.15, 0.2) is 46.7 Å². The zero-order chi connectivity index (χ0) is 30.4. The number of anilines is 1. The molecule has 8 nitrogen and oxygen atoms in total. The van der Waals surface area contributed by atoms with Gasteiger partial charge in [-0.15, -0.1) is 11.3 Å². The predicted molar refractivity (Wildman–Crippen MR) is 147 cm³/mol. The fourth-order valence-corrected chi connectivity index (χ4v) is 8.25. The Bertz CT molecular complexity index is 1580. The first-order valence-corrected chi connectivity index (χ1v) is 15.5. The molecule has 2 fully saturated rings. The molecule has 1 N–H and O–H groups in total. The van der Waals surface area contributed by atoms with Crippen molar-refractivity contribution in [3.8, 4) is 11.3 Å². The molecule has 2 saturated heterocycles. The van der Waals surface area contributed by atoms with Gasteiger partial charge in [-0.3, -0.25) is 4.79 Å². The summed E-state index contributed by atoms with van der Waals surface area (Å²) in [4.78, 5) is 24.2. The fraction of sp³-hybridized carbons (Fsp3) is 0.423. The summed E-state index contributed by atoms with van der Waals surface area (Å²) >= 11 is 6.54. The molecule has 2 atom stereocenters. The van der Waals surface area contributed by atoms with Gasteiger partial charge in [0.05, 0.1) is 34.4 Å². The lowest BCUT2D eigenvalue weighted by Gasteiger charge is -2.23. The van der Waals surface area contributed by atoms with Gasteiger partial charge in [0.25, 0.3) is 15.9 Å². The van der Waals surface area contributed by atoms with Crippen LogP contribution in [0.2, 0.25) is 4.34 Å². The number of carbonyl (C=O) groups excluding carboxylic acids is 1. The molecule has 2 unspecified atom stereocenters. The Morgan fingerprint density at radius 2 is 1.88 bits per heavy atom. The van der Waals surface area contributed by atoms with E-state index in [1.165, 1.54) is 30.3 Å². The highest BCUT2D eigenvalue weighted by Crippen LogP contribution is 2.38. The second-order valence-corrected chi connectivity index (χ2v) is 14.0. The zero-order valence-electron chi connectivity index (χ0n) is 22.0. The van der Waals surface area contributed by atoms with Crippen molar-refractivity contribution in [2.75, 3.05) is 18.0 Å². The molecule has 16 heteroatoms. The quantitative estimate of drug-likeness (QED) is 0.336. The van der Waals surface area contributed by atoms with Crippen LogP contribution in [0.25, 0.3) is 11.3 Å². The molecule has 42 heavy (non-hydrogen) atoms. The van der Waals surface area contributed by atoms with Crippen LogP contribution in [0, 0.1) is 0 Å². The highest BCUT2D eigenvalue weighted by atomic mass is 35.5. The van der Waals surface area contributed by atoms with Crippen molar-refractivity contribution in [1.29, 1.82) is 0 Å². The summed E-state index contributed by atoms with van der Waals surface area (Å²) < 4.78 is 94.7. The van der Waals surface area contributed by atoms with E-state index in [0.717, 1.165) is 25.0 Å². The summed E-state index contributed by atoms with van der Waals surface area (Å²) in [5.74, 6) is -4.06. The molecule has 3 aromatic rings. The molecule has 0 bridgehead atoms. The van der Waals surface area contributed by atoms with Crippen molar-refractivity contribution in [2.24, 2.45) is 0 Å². The average Bonchev–Trinajstić information content (AvgIpc) is 3.65. The molecule has 0 spiro atoms. The van der Waals surface area contributed by atoms with Crippen LogP contribution < -0.4 is 10.2 Å². The van der Waals surface area contributed by atoms with Crippen LogP contribution in [0.5, 0.6) is 0 Å². The van der Waals surface area contributed by atoms with Gasteiger partial charge < -0.3 is 10.2 Å². The van der Waals surface area contributed by atoms with Gasteiger partial charge >= 0.3 is 6.18 Å². The first-order chi connectivity index (χ1) is 19.6. The molecule has 1 aromatic carbocycles. The summed E-state index contributed by atoms with van der Waals surface area (Å²) in [6, 6.07) is 6.86. The van der Waals surface area contributed by atoms with E-state index < -0.39 is 52.6 Å². The Kier molecular flexibility index (Phi) is 8.24. The number of rotatable bonds is 7. The van der Waals surface area contributed by atoms with Crippen molar-refractivity contribution < 1.29 is 35.2 Å². The van der Waals surface area contributed by atoms with E-state index in [1.807, 2.05) is 11.8 Å². The van der Waals surface area contributed by atoms with E-state index in [2.05, 4.69) is 15.3 Å².